The van der Waals surface area contributed by atoms with E-state index in [0.717, 1.165) is 16.6 Å². The number of rotatable bonds is 6. The minimum absolute atomic E-state index is 0.189. The molecular weight excluding hydrogens is 436 g/mol. The summed E-state index contributed by atoms with van der Waals surface area (Å²) in [6.45, 7) is 0. The second kappa shape index (κ2) is 8.64. The molecule has 0 saturated carbocycles. The molecule has 0 saturated heterocycles. The van der Waals surface area contributed by atoms with Gasteiger partial charge in [0.2, 0.25) is 5.95 Å². The van der Waals surface area contributed by atoms with Gasteiger partial charge < -0.3 is 5.32 Å². The van der Waals surface area contributed by atoms with Crippen molar-refractivity contribution in [1.29, 1.82) is 0 Å². The van der Waals surface area contributed by atoms with Crippen LogP contribution in [0.1, 0.15) is 0 Å². The summed E-state index contributed by atoms with van der Waals surface area (Å²) in [5, 5.41) is 4.49. The van der Waals surface area contributed by atoms with Gasteiger partial charge in [-0.3, -0.25) is 14.7 Å². The maximum absolute atomic E-state index is 13.1. The van der Waals surface area contributed by atoms with Crippen LogP contribution in [0.2, 0.25) is 0 Å². The summed E-state index contributed by atoms with van der Waals surface area (Å²) in [6.07, 6.45) is 8.27. The number of fused-ring (bicyclic) bond motifs is 1. The molecule has 33 heavy (non-hydrogen) atoms. The standard InChI is InChI=1S/C24H18N6O2S/c31-33(32,23-6-1-3-18-16-26-13-9-21(18)23)30-20-5-2-4-19(15-20)28-24-27-14-10-22(29-24)17-7-11-25-12-8-17/h1-16,30H,(H,27,28,29). The predicted molar refractivity (Wildman–Crippen MR) is 128 cm³/mol. The fourth-order valence-electron chi connectivity index (χ4n) is 3.43. The van der Waals surface area contributed by atoms with Crippen LogP contribution in [0.3, 0.4) is 0 Å². The molecule has 0 bridgehead atoms. The van der Waals surface area contributed by atoms with Crippen LogP contribution < -0.4 is 10.0 Å². The first-order valence-electron chi connectivity index (χ1n) is 10.0. The van der Waals surface area contributed by atoms with E-state index in [9.17, 15) is 8.42 Å². The molecule has 0 amide bonds. The lowest BCUT2D eigenvalue weighted by Crippen LogP contribution is -2.13. The smallest absolute Gasteiger partial charge is 0.262 e. The minimum atomic E-state index is -3.82. The van der Waals surface area contributed by atoms with Crippen molar-refractivity contribution in [3.63, 3.8) is 0 Å². The Morgan fingerprint density at radius 2 is 1.55 bits per heavy atom. The average molecular weight is 455 g/mol. The third kappa shape index (κ3) is 4.48. The zero-order chi connectivity index (χ0) is 22.7. The number of hydrogen-bond acceptors (Lipinski definition) is 7. The van der Waals surface area contributed by atoms with Crippen LogP contribution >= 0.6 is 0 Å². The summed E-state index contributed by atoms with van der Waals surface area (Å²) in [5.41, 5.74) is 2.72. The second-order valence-corrected chi connectivity index (χ2v) is 8.82. The molecule has 5 aromatic rings. The van der Waals surface area contributed by atoms with Crippen LogP contribution in [0.15, 0.2) is 103 Å². The van der Waals surface area contributed by atoms with Crippen LogP contribution in [0.4, 0.5) is 17.3 Å². The second-order valence-electron chi connectivity index (χ2n) is 7.17. The van der Waals surface area contributed by atoms with E-state index in [-0.39, 0.29) is 4.90 Å². The van der Waals surface area contributed by atoms with Crippen LogP contribution in [0.25, 0.3) is 22.0 Å². The molecule has 5 rings (SSSR count). The van der Waals surface area contributed by atoms with Crippen molar-refractivity contribution in [2.24, 2.45) is 0 Å². The first-order chi connectivity index (χ1) is 16.1. The average Bonchev–Trinajstić information content (AvgIpc) is 2.84. The highest BCUT2D eigenvalue weighted by molar-refractivity contribution is 7.93. The van der Waals surface area contributed by atoms with E-state index < -0.39 is 10.0 Å². The molecule has 162 valence electrons. The molecule has 3 aromatic heterocycles. The molecule has 8 nitrogen and oxygen atoms in total. The van der Waals surface area contributed by atoms with Crippen molar-refractivity contribution < 1.29 is 8.42 Å². The zero-order valence-corrected chi connectivity index (χ0v) is 18.1. The highest BCUT2D eigenvalue weighted by atomic mass is 32.2. The van der Waals surface area contributed by atoms with Crippen molar-refractivity contribution in [2.75, 3.05) is 10.0 Å². The van der Waals surface area contributed by atoms with E-state index in [1.807, 2.05) is 30.3 Å². The molecule has 0 aliphatic heterocycles. The van der Waals surface area contributed by atoms with E-state index >= 15 is 0 Å². The van der Waals surface area contributed by atoms with Gasteiger partial charge in [0.05, 0.1) is 16.3 Å². The lowest BCUT2D eigenvalue weighted by Gasteiger charge is -2.12. The Bertz CT molecular complexity index is 1540. The molecule has 9 heteroatoms. The number of nitrogens with zero attached hydrogens (tertiary/aromatic N) is 4. The number of benzene rings is 2. The van der Waals surface area contributed by atoms with E-state index in [2.05, 4.69) is 30.0 Å². The van der Waals surface area contributed by atoms with Gasteiger partial charge in [-0.2, -0.15) is 0 Å². The summed E-state index contributed by atoms with van der Waals surface area (Å²) in [4.78, 5) is 17.1. The predicted octanol–water partition coefficient (Wildman–Crippen LogP) is 4.63. The van der Waals surface area contributed by atoms with Gasteiger partial charge in [-0.1, -0.05) is 18.2 Å². The Morgan fingerprint density at radius 1 is 0.758 bits per heavy atom. The van der Waals surface area contributed by atoms with Crippen molar-refractivity contribution in [1.82, 2.24) is 19.9 Å². The zero-order valence-electron chi connectivity index (χ0n) is 17.3. The number of aromatic nitrogens is 4. The Balaban J connectivity index is 1.40. The van der Waals surface area contributed by atoms with Gasteiger partial charge in [0, 0.05) is 53.0 Å². The van der Waals surface area contributed by atoms with Gasteiger partial charge in [-0.15, -0.1) is 0 Å². The maximum atomic E-state index is 13.1. The van der Waals surface area contributed by atoms with Crippen LogP contribution in [-0.4, -0.2) is 28.4 Å². The van der Waals surface area contributed by atoms with Gasteiger partial charge in [0.1, 0.15) is 0 Å². The highest BCUT2D eigenvalue weighted by Crippen LogP contribution is 2.26. The van der Waals surface area contributed by atoms with Crippen molar-refractivity contribution >= 4 is 38.1 Å². The van der Waals surface area contributed by atoms with Crippen molar-refractivity contribution in [3.8, 4) is 11.3 Å². The molecule has 2 N–H and O–H groups in total. The normalized spacial score (nSPS) is 11.3. The van der Waals surface area contributed by atoms with Crippen LogP contribution in [0, 0.1) is 0 Å². The van der Waals surface area contributed by atoms with Gasteiger partial charge in [-0.25, -0.2) is 18.4 Å². The number of pyridine rings is 2. The summed E-state index contributed by atoms with van der Waals surface area (Å²) in [5.74, 6) is 0.394. The van der Waals surface area contributed by atoms with E-state index in [0.29, 0.717) is 22.7 Å². The Hall–Kier alpha value is -4.37. The molecule has 2 aromatic carbocycles. The summed E-state index contributed by atoms with van der Waals surface area (Å²) in [6, 6.07) is 19.3. The SMILES string of the molecule is O=S(=O)(Nc1cccc(Nc2nccc(-c3ccncc3)n2)c1)c1cccc2cnccc12. The number of nitrogens with one attached hydrogen (secondary N) is 2. The van der Waals surface area contributed by atoms with Crippen LogP contribution in [-0.2, 0) is 10.0 Å². The van der Waals surface area contributed by atoms with Gasteiger partial charge >= 0.3 is 0 Å². The van der Waals surface area contributed by atoms with Gasteiger partial charge in [0.15, 0.2) is 0 Å². The molecule has 0 aliphatic carbocycles. The third-order valence-electron chi connectivity index (χ3n) is 4.93. The summed E-state index contributed by atoms with van der Waals surface area (Å²) in [7, 11) is -3.82. The Labute approximate surface area is 190 Å². The number of sulfonamides is 1. The molecule has 0 aliphatic rings. The lowest BCUT2D eigenvalue weighted by molar-refractivity contribution is 0.602. The van der Waals surface area contributed by atoms with E-state index in [1.165, 1.54) is 0 Å². The number of anilines is 3. The molecule has 0 radical (unpaired) electrons. The largest absolute Gasteiger partial charge is 0.324 e. The summed E-state index contributed by atoms with van der Waals surface area (Å²) < 4.78 is 28.9. The van der Waals surface area contributed by atoms with Gasteiger partial charge in [-0.05, 0) is 48.5 Å². The first kappa shape index (κ1) is 20.5. The first-order valence-corrected chi connectivity index (χ1v) is 11.5. The Morgan fingerprint density at radius 3 is 2.42 bits per heavy atom. The number of hydrogen-bond donors (Lipinski definition) is 2. The van der Waals surface area contributed by atoms with Crippen molar-refractivity contribution in [2.45, 2.75) is 4.90 Å². The quantitative estimate of drug-likeness (QED) is 0.385. The molecule has 0 atom stereocenters. The Kier molecular flexibility index (Phi) is 5.37. The lowest BCUT2D eigenvalue weighted by atomic mass is 10.2. The highest BCUT2D eigenvalue weighted by Gasteiger charge is 2.17. The molecule has 0 unspecified atom stereocenters. The fraction of sp³-hybridized carbons (Fsp3) is 0. The summed E-state index contributed by atoms with van der Waals surface area (Å²) >= 11 is 0. The minimum Gasteiger partial charge on any atom is -0.324 e. The maximum Gasteiger partial charge on any atom is 0.262 e. The monoisotopic (exact) mass is 454 g/mol. The van der Waals surface area contributed by atoms with E-state index in [1.54, 1.807) is 67.4 Å². The fourth-order valence-corrected chi connectivity index (χ4v) is 4.71. The molecule has 3 heterocycles. The molecular formula is C24H18N6O2S. The topological polar surface area (TPSA) is 110 Å². The van der Waals surface area contributed by atoms with Crippen molar-refractivity contribution in [3.05, 3.63) is 97.7 Å². The van der Waals surface area contributed by atoms with Gasteiger partial charge in [0.25, 0.3) is 10.0 Å². The van der Waals surface area contributed by atoms with Crippen LogP contribution in [0.5, 0.6) is 0 Å². The van der Waals surface area contributed by atoms with E-state index in [4.69, 9.17) is 0 Å². The third-order valence-corrected chi connectivity index (χ3v) is 6.37. The molecule has 0 fully saturated rings. The molecule has 0 spiro atoms.